The number of benzene rings is 1. The molecule has 1 atom stereocenters. The summed E-state index contributed by atoms with van der Waals surface area (Å²) >= 11 is 1.43. The number of rotatable bonds is 5. The number of fused-ring (bicyclic) bond motifs is 1. The van der Waals surface area contributed by atoms with Crippen LogP contribution in [0.2, 0.25) is 0 Å². The Kier molecular flexibility index (Phi) is 5.18. The Bertz CT molecular complexity index is 837. The Labute approximate surface area is 156 Å². The number of carbonyl (C=O) groups is 2. The molecule has 3 N–H and O–H groups in total. The lowest BCUT2D eigenvalue weighted by molar-refractivity contribution is 0.1000. The predicted octanol–water partition coefficient (Wildman–Crippen LogP) is 3.24. The Morgan fingerprint density at radius 1 is 1.19 bits per heavy atom. The molecule has 1 aliphatic rings. The second kappa shape index (κ2) is 7.37. The van der Waals surface area contributed by atoms with E-state index in [-0.39, 0.29) is 5.56 Å². The molecule has 138 valence electrons. The number of ether oxygens (including phenoxy) is 2. The van der Waals surface area contributed by atoms with Gasteiger partial charge in [-0.25, -0.2) is 0 Å². The van der Waals surface area contributed by atoms with Gasteiger partial charge in [0.2, 0.25) is 0 Å². The van der Waals surface area contributed by atoms with Crippen LogP contribution in [0.1, 0.15) is 44.5 Å². The van der Waals surface area contributed by atoms with Gasteiger partial charge in [0.15, 0.2) is 0 Å². The SMILES string of the molecule is COc1cccc(OC)c1C(=O)Nc1sc2c(c1C(N)=O)CC[C@H](C)C2. The van der Waals surface area contributed by atoms with Gasteiger partial charge in [-0.15, -0.1) is 11.3 Å². The van der Waals surface area contributed by atoms with Crippen LogP contribution >= 0.6 is 11.3 Å². The zero-order valence-electron chi connectivity index (χ0n) is 15.0. The molecule has 1 aromatic carbocycles. The molecule has 7 heteroatoms. The quantitative estimate of drug-likeness (QED) is 0.840. The Morgan fingerprint density at radius 2 is 1.85 bits per heavy atom. The van der Waals surface area contributed by atoms with Gasteiger partial charge >= 0.3 is 0 Å². The van der Waals surface area contributed by atoms with Gasteiger partial charge in [-0.1, -0.05) is 13.0 Å². The molecule has 0 saturated heterocycles. The Hall–Kier alpha value is -2.54. The van der Waals surface area contributed by atoms with E-state index in [1.165, 1.54) is 25.6 Å². The molecule has 0 spiro atoms. The van der Waals surface area contributed by atoms with Crippen LogP contribution in [0.4, 0.5) is 5.00 Å². The minimum absolute atomic E-state index is 0.285. The molecule has 6 nitrogen and oxygen atoms in total. The molecule has 2 amide bonds. The highest BCUT2D eigenvalue weighted by Crippen LogP contribution is 2.40. The van der Waals surface area contributed by atoms with E-state index in [0.717, 1.165) is 29.7 Å². The van der Waals surface area contributed by atoms with Crippen molar-refractivity contribution in [1.29, 1.82) is 0 Å². The van der Waals surface area contributed by atoms with Crippen molar-refractivity contribution in [3.8, 4) is 11.5 Å². The molecule has 0 saturated carbocycles. The summed E-state index contributed by atoms with van der Waals surface area (Å²) < 4.78 is 10.6. The fourth-order valence-electron chi connectivity index (χ4n) is 3.34. The van der Waals surface area contributed by atoms with Crippen molar-refractivity contribution in [3.63, 3.8) is 0 Å². The van der Waals surface area contributed by atoms with E-state index >= 15 is 0 Å². The first-order valence-corrected chi connectivity index (χ1v) is 9.24. The van der Waals surface area contributed by atoms with Crippen LogP contribution in [0.5, 0.6) is 11.5 Å². The number of methoxy groups -OCH3 is 2. The summed E-state index contributed by atoms with van der Waals surface area (Å²) in [5.74, 6) is 0.447. The third-order valence-electron chi connectivity index (χ3n) is 4.64. The minimum atomic E-state index is -0.514. The van der Waals surface area contributed by atoms with Crippen molar-refractivity contribution >= 4 is 28.2 Å². The second-order valence-electron chi connectivity index (χ2n) is 6.41. The average Bonchev–Trinajstić information content (AvgIpc) is 2.97. The number of amides is 2. The average molecular weight is 374 g/mol. The van der Waals surface area contributed by atoms with Gasteiger partial charge in [0, 0.05) is 4.88 Å². The predicted molar refractivity (Wildman–Crippen MR) is 102 cm³/mol. The third-order valence-corrected chi connectivity index (χ3v) is 5.81. The van der Waals surface area contributed by atoms with Gasteiger partial charge in [0.25, 0.3) is 11.8 Å². The number of thiophene rings is 1. The van der Waals surface area contributed by atoms with Gasteiger partial charge in [0.1, 0.15) is 22.1 Å². The molecule has 2 aromatic rings. The lowest BCUT2D eigenvalue weighted by Crippen LogP contribution is -2.20. The van der Waals surface area contributed by atoms with E-state index < -0.39 is 11.8 Å². The van der Waals surface area contributed by atoms with E-state index in [2.05, 4.69) is 12.2 Å². The molecule has 0 aliphatic heterocycles. The molecule has 1 aliphatic carbocycles. The van der Waals surface area contributed by atoms with E-state index in [9.17, 15) is 9.59 Å². The maximum absolute atomic E-state index is 12.9. The maximum Gasteiger partial charge on any atom is 0.263 e. The molecule has 26 heavy (non-hydrogen) atoms. The molecule has 0 unspecified atom stereocenters. The number of anilines is 1. The smallest absolute Gasteiger partial charge is 0.263 e. The molecule has 0 fully saturated rings. The standard InChI is InChI=1S/C19H22N2O4S/c1-10-7-8-11-14(9-10)26-19(15(11)17(20)22)21-18(23)16-12(24-2)5-4-6-13(16)25-3/h4-6,10H,7-9H2,1-3H3,(H2,20,22)(H,21,23)/t10-/m0/s1. The summed E-state index contributed by atoms with van der Waals surface area (Å²) in [4.78, 5) is 26.1. The van der Waals surface area contributed by atoms with E-state index in [1.807, 2.05) is 0 Å². The number of carbonyl (C=O) groups excluding carboxylic acids is 2. The highest BCUT2D eigenvalue weighted by atomic mass is 32.1. The highest BCUT2D eigenvalue weighted by molar-refractivity contribution is 7.17. The third kappa shape index (κ3) is 3.26. The van der Waals surface area contributed by atoms with Crippen molar-refractivity contribution in [2.75, 3.05) is 19.5 Å². The molecule has 0 bridgehead atoms. The first-order valence-electron chi connectivity index (χ1n) is 8.42. The van der Waals surface area contributed by atoms with Gasteiger partial charge in [0.05, 0.1) is 19.8 Å². The molecule has 0 radical (unpaired) electrons. The monoisotopic (exact) mass is 374 g/mol. The fourth-order valence-corrected chi connectivity index (χ4v) is 4.75. The number of primary amides is 1. The summed E-state index contributed by atoms with van der Waals surface area (Å²) in [7, 11) is 2.98. The topological polar surface area (TPSA) is 90.7 Å². The zero-order chi connectivity index (χ0) is 18.8. The van der Waals surface area contributed by atoms with Crippen molar-refractivity contribution in [2.24, 2.45) is 11.7 Å². The normalized spacial score (nSPS) is 15.9. The van der Waals surface area contributed by atoms with E-state index in [0.29, 0.717) is 28.0 Å². The van der Waals surface area contributed by atoms with Crippen LogP contribution < -0.4 is 20.5 Å². The van der Waals surface area contributed by atoms with Crippen LogP contribution in [0.25, 0.3) is 0 Å². The first-order chi connectivity index (χ1) is 12.5. The molecule has 1 heterocycles. The van der Waals surface area contributed by atoms with Gasteiger partial charge in [-0.05, 0) is 42.9 Å². The van der Waals surface area contributed by atoms with Gasteiger partial charge in [-0.3, -0.25) is 9.59 Å². The summed E-state index contributed by atoms with van der Waals surface area (Å²) in [6.07, 6.45) is 2.71. The second-order valence-corrected chi connectivity index (χ2v) is 7.52. The number of nitrogens with two attached hydrogens (primary N) is 1. The van der Waals surface area contributed by atoms with E-state index in [1.54, 1.807) is 18.2 Å². The molecular weight excluding hydrogens is 352 g/mol. The first kappa shape index (κ1) is 18.3. The summed E-state index contributed by atoms with van der Waals surface area (Å²) in [6.45, 7) is 2.19. The Morgan fingerprint density at radius 3 is 2.42 bits per heavy atom. The summed E-state index contributed by atoms with van der Waals surface area (Å²) in [5.41, 5.74) is 7.30. The van der Waals surface area contributed by atoms with Crippen molar-refractivity contribution in [2.45, 2.75) is 26.2 Å². The maximum atomic E-state index is 12.9. The highest BCUT2D eigenvalue weighted by Gasteiger charge is 2.28. The van der Waals surface area contributed by atoms with E-state index in [4.69, 9.17) is 15.2 Å². The zero-order valence-corrected chi connectivity index (χ0v) is 15.9. The van der Waals surface area contributed by atoms with Crippen molar-refractivity contribution in [1.82, 2.24) is 0 Å². The van der Waals surface area contributed by atoms with Crippen LogP contribution in [0, 0.1) is 5.92 Å². The van der Waals surface area contributed by atoms with Crippen molar-refractivity contribution in [3.05, 3.63) is 39.8 Å². The molecular formula is C19H22N2O4S. The van der Waals surface area contributed by atoms with Crippen LogP contribution in [0.15, 0.2) is 18.2 Å². The molecule has 1 aromatic heterocycles. The number of hydrogen-bond donors (Lipinski definition) is 2. The Balaban J connectivity index is 2.00. The fraction of sp³-hybridized carbons (Fsp3) is 0.368. The minimum Gasteiger partial charge on any atom is -0.496 e. The lowest BCUT2D eigenvalue weighted by atomic mass is 9.88. The summed E-state index contributed by atoms with van der Waals surface area (Å²) in [6, 6.07) is 5.12. The molecule has 3 rings (SSSR count). The van der Waals surface area contributed by atoms with Crippen LogP contribution in [-0.2, 0) is 12.8 Å². The van der Waals surface area contributed by atoms with Crippen molar-refractivity contribution < 1.29 is 19.1 Å². The summed E-state index contributed by atoms with van der Waals surface area (Å²) in [5, 5.41) is 3.34. The lowest BCUT2D eigenvalue weighted by Gasteiger charge is -2.18. The van der Waals surface area contributed by atoms with Gasteiger partial charge < -0.3 is 20.5 Å². The number of nitrogens with one attached hydrogen (secondary N) is 1. The largest absolute Gasteiger partial charge is 0.496 e. The van der Waals surface area contributed by atoms with Crippen LogP contribution in [0.3, 0.4) is 0 Å². The van der Waals surface area contributed by atoms with Gasteiger partial charge in [-0.2, -0.15) is 0 Å². The number of hydrogen-bond acceptors (Lipinski definition) is 5. The van der Waals surface area contributed by atoms with Crippen LogP contribution in [-0.4, -0.2) is 26.0 Å².